The molecule has 0 saturated heterocycles. The average Bonchev–Trinajstić information content (AvgIpc) is 3.24. The number of amides is 2. The van der Waals surface area contributed by atoms with Crippen LogP contribution in [0.25, 0.3) is 0 Å². The second-order valence-electron chi connectivity index (χ2n) is 17.7. The topological polar surface area (TPSA) is 212 Å². The predicted octanol–water partition coefficient (Wildman–Crippen LogP) is 6.84. The van der Waals surface area contributed by atoms with Gasteiger partial charge < -0.3 is 30.9 Å². The van der Waals surface area contributed by atoms with Crippen LogP contribution in [0.4, 0.5) is 0 Å². The van der Waals surface area contributed by atoms with Crippen LogP contribution in [0.3, 0.4) is 0 Å². The molecule has 0 fully saturated rings. The highest BCUT2D eigenvalue weighted by atomic mass is 16.5. The number of Topliss-reactive ketones (excluding diaryl/α,β-unsaturated/α-hetero) is 3. The van der Waals surface area contributed by atoms with Gasteiger partial charge in [-0.25, -0.2) is 4.79 Å². The summed E-state index contributed by atoms with van der Waals surface area (Å²) in [4.78, 5) is 89.3. The van der Waals surface area contributed by atoms with Crippen molar-refractivity contribution in [3.05, 3.63) is 29.8 Å². The summed E-state index contributed by atoms with van der Waals surface area (Å²) in [5.74, 6) is -2.25. The van der Waals surface area contributed by atoms with Gasteiger partial charge in [-0.05, 0) is 137 Å². The molecule has 364 valence electrons. The van der Waals surface area contributed by atoms with Crippen LogP contribution in [0, 0.1) is 5.92 Å². The van der Waals surface area contributed by atoms with Gasteiger partial charge in [-0.2, -0.15) is 0 Å². The van der Waals surface area contributed by atoms with Gasteiger partial charge in [-0.1, -0.05) is 51.4 Å². The molecule has 2 amide bonds. The Labute approximate surface area is 383 Å². The summed E-state index contributed by atoms with van der Waals surface area (Å²) in [5.41, 5.74) is 0.232. The highest BCUT2D eigenvalue weighted by Crippen LogP contribution is 2.18. The molecule has 15 heteroatoms. The molecule has 5 N–H and O–H groups in total. The number of carboxylic acid groups (broad SMARTS) is 2. The number of carboxylic acids is 2. The number of likely N-dealkylation sites (N-methyl/N-ethyl adjacent to an activating group) is 3. The molecular weight excluding hydrogens is 819 g/mol. The Morgan fingerprint density at radius 1 is 0.609 bits per heavy atom. The van der Waals surface area contributed by atoms with Crippen molar-refractivity contribution < 1.29 is 48.5 Å². The summed E-state index contributed by atoms with van der Waals surface area (Å²) in [7, 11) is 9.38. The lowest BCUT2D eigenvalue weighted by molar-refractivity contribution is -0.144. The number of ether oxygens (including phenoxy) is 1. The zero-order valence-corrected chi connectivity index (χ0v) is 40.1. The van der Waals surface area contributed by atoms with Crippen molar-refractivity contribution >= 4 is 41.1 Å². The number of ketones is 3. The van der Waals surface area contributed by atoms with Gasteiger partial charge in [0.25, 0.3) is 0 Å². The Morgan fingerprint density at radius 3 is 1.72 bits per heavy atom. The van der Waals surface area contributed by atoms with E-state index in [4.69, 9.17) is 9.84 Å². The fourth-order valence-corrected chi connectivity index (χ4v) is 7.81. The smallest absolute Gasteiger partial charge is 0.335 e. The average molecular weight is 902 g/mol. The first kappa shape index (κ1) is 57.8. The van der Waals surface area contributed by atoms with Crippen LogP contribution in [0.15, 0.2) is 24.3 Å². The summed E-state index contributed by atoms with van der Waals surface area (Å²) in [5, 5.41) is 27.6. The molecule has 0 aliphatic rings. The van der Waals surface area contributed by atoms with Gasteiger partial charge in [-0.15, -0.1) is 0 Å². The number of aliphatic carboxylic acids is 1. The third-order valence-corrected chi connectivity index (χ3v) is 11.9. The van der Waals surface area contributed by atoms with E-state index in [1.54, 1.807) is 26.1 Å². The van der Waals surface area contributed by atoms with E-state index >= 15 is 0 Å². The van der Waals surface area contributed by atoms with E-state index in [0.29, 0.717) is 57.6 Å². The van der Waals surface area contributed by atoms with Crippen LogP contribution in [0.2, 0.25) is 0 Å². The lowest BCUT2D eigenvalue weighted by atomic mass is 9.94. The minimum Gasteiger partial charge on any atom is -0.494 e. The summed E-state index contributed by atoms with van der Waals surface area (Å²) in [6.07, 6.45) is 16.4. The summed E-state index contributed by atoms with van der Waals surface area (Å²) >= 11 is 0. The van der Waals surface area contributed by atoms with E-state index in [1.165, 1.54) is 12.1 Å². The highest BCUT2D eigenvalue weighted by Gasteiger charge is 2.24. The Kier molecular flexibility index (Phi) is 31.7. The molecule has 1 aromatic rings. The van der Waals surface area contributed by atoms with Crippen molar-refractivity contribution in [2.75, 3.05) is 54.9 Å². The molecule has 4 atom stereocenters. The SMILES string of the molecule is CN[C@@H](CCCCNC(=O)[C@H](CCCCCC(=O)[C@H](CCCCNC(=O)CC[C@H](CC(=O)CCCCCCCCCCOc1ccc(C(=O)O)cc1)C(=O)O)N(C)C)N(C)C)C(C)=O. The first-order valence-corrected chi connectivity index (χ1v) is 23.9. The van der Waals surface area contributed by atoms with E-state index in [0.717, 1.165) is 96.3 Å². The van der Waals surface area contributed by atoms with Gasteiger partial charge in [0.15, 0.2) is 0 Å². The van der Waals surface area contributed by atoms with Gasteiger partial charge >= 0.3 is 11.9 Å². The molecule has 0 bridgehead atoms. The Balaban J connectivity index is 2.19. The molecule has 0 heterocycles. The molecule has 0 unspecified atom stereocenters. The van der Waals surface area contributed by atoms with Gasteiger partial charge in [0, 0.05) is 38.8 Å². The quantitative estimate of drug-likeness (QED) is 0.0427. The van der Waals surface area contributed by atoms with E-state index in [9.17, 15) is 38.7 Å². The van der Waals surface area contributed by atoms with E-state index in [2.05, 4.69) is 16.0 Å². The van der Waals surface area contributed by atoms with Gasteiger partial charge in [0.05, 0.1) is 36.2 Å². The summed E-state index contributed by atoms with van der Waals surface area (Å²) in [6, 6.07) is 5.79. The molecule has 0 aromatic heterocycles. The van der Waals surface area contributed by atoms with Crippen molar-refractivity contribution in [3.63, 3.8) is 0 Å². The number of carbonyl (C=O) groups excluding carboxylic acids is 5. The maximum Gasteiger partial charge on any atom is 0.335 e. The number of rotatable bonds is 41. The molecule has 0 spiro atoms. The van der Waals surface area contributed by atoms with Gasteiger partial charge in [0.2, 0.25) is 11.8 Å². The fraction of sp³-hybridized carbons (Fsp3) is 0.735. The molecule has 64 heavy (non-hydrogen) atoms. The van der Waals surface area contributed by atoms with Crippen molar-refractivity contribution in [3.8, 4) is 5.75 Å². The third-order valence-electron chi connectivity index (χ3n) is 11.9. The maximum atomic E-state index is 13.1. The molecule has 0 aliphatic carbocycles. The third kappa shape index (κ3) is 27.2. The summed E-state index contributed by atoms with van der Waals surface area (Å²) < 4.78 is 5.67. The highest BCUT2D eigenvalue weighted by molar-refractivity contribution is 5.87. The minimum atomic E-state index is -1.06. The predicted molar refractivity (Wildman–Crippen MR) is 251 cm³/mol. The maximum absolute atomic E-state index is 13.1. The van der Waals surface area contributed by atoms with Crippen molar-refractivity contribution in [2.24, 2.45) is 5.92 Å². The second kappa shape index (κ2) is 35.1. The van der Waals surface area contributed by atoms with Crippen molar-refractivity contribution in [1.29, 1.82) is 0 Å². The molecule has 15 nitrogen and oxygen atoms in total. The van der Waals surface area contributed by atoms with Crippen molar-refractivity contribution in [2.45, 2.75) is 173 Å². The van der Waals surface area contributed by atoms with Gasteiger partial charge in [0.1, 0.15) is 23.1 Å². The number of unbranched alkanes of at least 4 members (excludes halogenated alkanes) is 11. The lowest BCUT2D eigenvalue weighted by Gasteiger charge is -2.24. The summed E-state index contributed by atoms with van der Waals surface area (Å²) in [6.45, 7) is 3.17. The number of carbonyl (C=O) groups is 7. The largest absolute Gasteiger partial charge is 0.494 e. The van der Waals surface area contributed by atoms with Crippen LogP contribution < -0.4 is 20.7 Å². The van der Waals surface area contributed by atoms with Crippen LogP contribution in [-0.4, -0.2) is 134 Å². The zero-order valence-electron chi connectivity index (χ0n) is 40.1. The number of benzene rings is 1. The Hall–Kier alpha value is -4.21. The standard InChI is InChI=1S/C49H83N5O10/c1-37(55)42(50-2)23-17-19-34-52-47(59)44(54(5)6)25-15-13-16-26-45(57)43(53(3)4)24-18-20-33-51-46(58)32-29-39(49(62)63)36-40(56)22-14-11-9-7-8-10-12-21-35-64-41-30-27-38(28-31-41)48(60)61/h27-28,30-31,39,42-44,50H,7-26,29,32-36H2,1-6H3,(H,51,58)(H,52,59)(H,60,61)(H,62,63)/t39-,42+,43+,44+/m1/s1. The molecule has 0 radical (unpaired) electrons. The van der Waals surface area contributed by atoms with Crippen LogP contribution in [0.1, 0.15) is 165 Å². The first-order valence-electron chi connectivity index (χ1n) is 23.9. The van der Waals surface area contributed by atoms with E-state index in [-0.39, 0.29) is 72.1 Å². The lowest BCUT2D eigenvalue weighted by Crippen LogP contribution is -2.43. The zero-order chi connectivity index (χ0) is 47.7. The molecule has 0 aliphatic heterocycles. The molecular formula is C49H83N5O10. The Bertz CT molecular complexity index is 1520. The van der Waals surface area contributed by atoms with Crippen molar-refractivity contribution in [1.82, 2.24) is 25.8 Å². The minimum absolute atomic E-state index is 0.00170. The Morgan fingerprint density at radius 2 is 1.14 bits per heavy atom. The van der Waals surface area contributed by atoms with Gasteiger partial charge in [-0.3, -0.25) is 38.6 Å². The van der Waals surface area contributed by atoms with Crippen LogP contribution in [-0.2, 0) is 28.8 Å². The normalized spacial score (nSPS) is 13.2. The monoisotopic (exact) mass is 902 g/mol. The number of hydrogen-bond donors (Lipinski definition) is 5. The number of hydrogen-bond acceptors (Lipinski definition) is 11. The number of aromatic carboxylic acids is 1. The second-order valence-corrected chi connectivity index (χ2v) is 17.7. The molecule has 0 saturated carbocycles. The van der Waals surface area contributed by atoms with E-state index in [1.807, 2.05) is 38.0 Å². The van der Waals surface area contributed by atoms with Crippen LogP contribution in [0.5, 0.6) is 5.75 Å². The number of nitrogens with zero attached hydrogens (tertiary/aromatic N) is 2. The molecule has 1 rings (SSSR count). The molecule has 1 aromatic carbocycles. The fourth-order valence-electron chi connectivity index (χ4n) is 7.81. The van der Waals surface area contributed by atoms with E-state index < -0.39 is 17.9 Å². The first-order chi connectivity index (χ1) is 30.6. The number of nitrogens with one attached hydrogen (secondary N) is 3. The van der Waals surface area contributed by atoms with Crippen LogP contribution >= 0.6 is 0 Å².